The first-order valence-electron chi connectivity index (χ1n) is 7.30. The fourth-order valence-corrected chi connectivity index (χ4v) is 2.62. The van der Waals surface area contributed by atoms with Gasteiger partial charge >= 0.3 is 0 Å². The molecule has 2 aromatic rings. The molecule has 1 aliphatic rings. The third-order valence-electron chi connectivity index (χ3n) is 3.85. The lowest BCUT2D eigenvalue weighted by atomic mass is 10.0. The van der Waals surface area contributed by atoms with Crippen LogP contribution < -0.4 is 10.1 Å². The second kappa shape index (κ2) is 6.43. The molecule has 21 heavy (non-hydrogen) atoms. The lowest BCUT2D eigenvalue weighted by molar-refractivity contribution is 0.261. The number of hydrogen-bond donors (Lipinski definition) is 1. The molecule has 0 aliphatic carbocycles. The lowest BCUT2D eigenvalue weighted by Gasteiger charge is -2.14. The zero-order valence-corrected chi connectivity index (χ0v) is 11.9. The summed E-state index contributed by atoms with van der Waals surface area (Å²) in [5.74, 6) is 1.51. The molecular formula is C18H18N2O. The number of rotatable bonds is 4. The van der Waals surface area contributed by atoms with E-state index in [9.17, 15) is 0 Å². The highest BCUT2D eigenvalue weighted by atomic mass is 16.5. The van der Waals surface area contributed by atoms with Gasteiger partial charge in [0.2, 0.25) is 0 Å². The molecule has 0 radical (unpaired) electrons. The summed E-state index contributed by atoms with van der Waals surface area (Å²) in [6, 6.07) is 17.8. The Morgan fingerprint density at radius 1 is 1.14 bits per heavy atom. The molecule has 3 rings (SSSR count). The van der Waals surface area contributed by atoms with Crippen LogP contribution in [-0.4, -0.2) is 19.7 Å². The van der Waals surface area contributed by atoms with Crippen LogP contribution in [-0.2, 0) is 0 Å². The maximum absolute atomic E-state index is 8.88. The van der Waals surface area contributed by atoms with Crippen molar-refractivity contribution in [2.45, 2.75) is 6.42 Å². The standard InChI is InChI=1S/C18H18N2O/c19-11-14-5-7-16(8-6-14)17-3-1-2-4-18(17)21-13-15-9-10-20-12-15/h1-8,15,20H,9-10,12-13H2/t15-/m0/s1. The minimum absolute atomic E-state index is 0.596. The Morgan fingerprint density at radius 2 is 1.95 bits per heavy atom. The number of hydrogen-bond acceptors (Lipinski definition) is 3. The van der Waals surface area contributed by atoms with Crippen molar-refractivity contribution in [3.63, 3.8) is 0 Å². The first-order valence-corrected chi connectivity index (χ1v) is 7.30. The third-order valence-corrected chi connectivity index (χ3v) is 3.85. The number of para-hydroxylation sites is 1. The molecule has 1 atom stereocenters. The van der Waals surface area contributed by atoms with E-state index in [-0.39, 0.29) is 0 Å². The molecule has 0 amide bonds. The highest BCUT2D eigenvalue weighted by Gasteiger charge is 2.15. The van der Waals surface area contributed by atoms with E-state index in [0.717, 1.165) is 36.6 Å². The largest absolute Gasteiger partial charge is 0.493 e. The van der Waals surface area contributed by atoms with Crippen molar-refractivity contribution in [3.8, 4) is 22.9 Å². The van der Waals surface area contributed by atoms with Crippen LogP contribution in [0.2, 0.25) is 0 Å². The summed E-state index contributed by atoms with van der Waals surface area (Å²) in [4.78, 5) is 0. The van der Waals surface area contributed by atoms with Crippen LogP contribution in [0.3, 0.4) is 0 Å². The van der Waals surface area contributed by atoms with Gasteiger partial charge in [-0.1, -0.05) is 30.3 Å². The van der Waals surface area contributed by atoms with Crippen molar-refractivity contribution >= 4 is 0 Å². The van der Waals surface area contributed by atoms with Crippen LogP contribution in [0.5, 0.6) is 5.75 Å². The van der Waals surface area contributed by atoms with E-state index >= 15 is 0 Å². The summed E-state index contributed by atoms with van der Waals surface area (Å²) in [5.41, 5.74) is 2.83. The molecule has 1 fully saturated rings. The smallest absolute Gasteiger partial charge is 0.127 e. The number of nitrogens with one attached hydrogen (secondary N) is 1. The molecule has 3 heteroatoms. The van der Waals surface area contributed by atoms with Crippen LogP contribution in [0.4, 0.5) is 0 Å². The van der Waals surface area contributed by atoms with Crippen LogP contribution in [0, 0.1) is 17.2 Å². The Kier molecular flexibility index (Phi) is 4.18. The van der Waals surface area contributed by atoms with E-state index in [1.165, 1.54) is 6.42 Å². The van der Waals surface area contributed by atoms with Crippen molar-refractivity contribution in [3.05, 3.63) is 54.1 Å². The topological polar surface area (TPSA) is 45.0 Å². The zero-order valence-electron chi connectivity index (χ0n) is 11.9. The average Bonchev–Trinajstić information content (AvgIpc) is 3.07. The van der Waals surface area contributed by atoms with E-state index in [4.69, 9.17) is 10.00 Å². The Morgan fingerprint density at radius 3 is 2.67 bits per heavy atom. The Labute approximate surface area is 125 Å². The van der Waals surface area contributed by atoms with Gasteiger partial charge in [0.1, 0.15) is 5.75 Å². The van der Waals surface area contributed by atoms with E-state index in [2.05, 4.69) is 17.5 Å². The molecular weight excluding hydrogens is 260 g/mol. The fraction of sp³-hybridized carbons (Fsp3) is 0.278. The lowest BCUT2D eigenvalue weighted by Crippen LogP contribution is -2.15. The van der Waals surface area contributed by atoms with Crippen LogP contribution >= 0.6 is 0 Å². The van der Waals surface area contributed by atoms with Crippen molar-refractivity contribution in [2.24, 2.45) is 5.92 Å². The highest BCUT2D eigenvalue weighted by Crippen LogP contribution is 2.30. The Bertz CT molecular complexity index is 637. The van der Waals surface area contributed by atoms with E-state index < -0.39 is 0 Å². The maximum atomic E-state index is 8.88. The maximum Gasteiger partial charge on any atom is 0.127 e. The molecule has 1 N–H and O–H groups in total. The summed E-state index contributed by atoms with van der Waals surface area (Å²) in [5, 5.41) is 12.2. The van der Waals surface area contributed by atoms with E-state index in [1.807, 2.05) is 42.5 Å². The predicted octanol–water partition coefficient (Wildman–Crippen LogP) is 3.21. The predicted molar refractivity (Wildman–Crippen MR) is 83.1 cm³/mol. The van der Waals surface area contributed by atoms with Gasteiger partial charge in [0.05, 0.1) is 18.2 Å². The molecule has 3 nitrogen and oxygen atoms in total. The monoisotopic (exact) mass is 278 g/mol. The Balaban J connectivity index is 1.79. The third kappa shape index (κ3) is 3.24. The van der Waals surface area contributed by atoms with E-state index in [0.29, 0.717) is 11.5 Å². The molecule has 2 aromatic carbocycles. The summed E-state index contributed by atoms with van der Waals surface area (Å²) >= 11 is 0. The van der Waals surface area contributed by atoms with Gasteiger partial charge in [0.25, 0.3) is 0 Å². The number of benzene rings is 2. The molecule has 0 aromatic heterocycles. The van der Waals surface area contributed by atoms with Gasteiger partial charge in [0.15, 0.2) is 0 Å². The van der Waals surface area contributed by atoms with E-state index in [1.54, 1.807) is 0 Å². The summed E-state index contributed by atoms with van der Waals surface area (Å²) in [6.07, 6.45) is 1.18. The first kappa shape index (κ1) is 13.7. The molecule has 0 bridgehead atoms. The zero-order chi connectivity index (χ0) is 14.5. The molecule has 1 heterocycles. The average molecular weight is 278 g/mol. The van der Waals surface area contributed by atoms with Gasteiger partial charge in [-0.05, 0) is 36.7 Å². The number of nitrogens with zero attached hydrogens (tertiary/aromatic N) is 1. The minimum atomic E-state index is 0.596. The minimum Gasteiger partial charge on any atom is -0.493 e. The fourth-order valence-electron chi connectivity index (χ4n) is 2.62. The van der Waals surface area contributed by atoms with Crippen LogP contribution in [0.1, 0.15) is 12.0 Å². The van der Waals surface area contributed by atoms with Gasteiger partial charge < -0.3 is 10.1 Å². The van der Waals surface area contributed by atoms with Gasteiger partial charge in [-0.2, -0.15) is 5.26 Å². The van der Waals surface area contributed by atoms with Crippen LogP contribution in [0.15, 0.2) is 48.5 Å². The van der Waals surface area contributed by atoms with Gasteiger partial charge in [0, 0.05) is 18.0 Å². The van der Waals surface area contributed by atoms with Crippen LogP contribution in [0.25, 0.3) is 11.1 Å². The second-order valence-electron chi connectivity index (χ2n) is 5.36. The molecule has 0 spiro atoms. The molecule has 1 saturated heterocycles. The summed E-state index contributed by atoms with van der Waals surface area (Å²) < 4.78 is 6.03. The van der Waals surface area contributed by atoms with Crippen molar-refractivity contribution < 1.29 is 4.74 Å². The summed E-state index contributed by atoms with van der Waals surface area (Å²) in [6.45, 7) is 2.88. The quantitative estimate of drug-likeness (QED) is 0.934. The highest BCUT2D eigenvalue weighted by molar-refractivity contribution is 5.70. The van der Waals surface area contributed by atoms with Gasteiger partial charge in [-0.3, -0.25) is 0 Å². The Hall–Kier alpha value is -2.31. The summed E-state index contributed by atoms with van der Waals surface area (Å²) in [7, 11) is 0. The number of nitriles is 1. The van der Waals surface area contributed by atoms with Gasteiger partial charge in [-0.25, -0.2) is 0 Å². The number of ether oxygens (including phenoxy) is 1. The molecule has 0 unspecified atom stereocenters. The molecule has 1 aliphatic heterocycles. The second-order valence-corrected chi connectivity index (χ2v) is 5.36. The van der Waals surface area contributed by atoms with Crippen molar-refractivity contribution in [1.82, 2.24) is 5.32 Å². The van der Waals surface area contributed by atoms with Gasteiger partial charge in [-0.15, -0.1) is 0 Å². The first-order chi connectivity index (χ1) is 10.4. The van der Waals surface area contributed by atoms with Crippen molar-refractivity contribution in [2.75, 3.05) is 19.7 Å². The van der Waals surface area contributed by atoms with Crippen molar-refractivity contribution in [1.29, 1.82) is 5.26 Å². The SMILES string of the molecule is N#Cc1ccc(-c2ccccc2OC[C@H]2CCNC2)cc1. The molecule has 106 valence electrons. The normalized spacial score (nSPS) is 17.4. The molecule has 0 saturated carbocycles.